The number of carbonyl (C=O) groups is 1. The van der Waals surface area contributed by atoms with Crippen LogP contribution >= 0.6 is 11.3 Å². The lowest BCUT2D eigenvalue weighted by Crippen LogP contribution is -2.35. The molecule has 1 aliphatic rings. The van der Waals surface area contributed by atoms with Crippen molar-refractivity contribution in [3.63, 3.8) is 0 Å². The lowest BCUT2D eigenvalue weighted by atomic mass is 9.94. The van der Waals surface area contributed by atoms with Crippen molar-refractivity contribution < 1.29 is 4.79 Å². The molecule has 0 aromatic carbocycles. The van der Waals surface area contributed by atoms with Crippen LogP contribution in [-0.2, 0) is 4.79 Å². The lowest BCUT2D eigenvalue weighted by Gasteiger charge is -2.30. The molecule has 0 unspecified atom stereocenters. The quantitative estimate of drug-likeness (QED) is 0.794. The van der Waals surface area contributed by atoms with Crippen molar-refractivity contribution in [3.05, 3.63) is 10.6 Å². The average molecular weight is 238 g/mol. The van der Waals surface area contributed by atoms with Gasteiger partial charge in [0.05, 0.1) is 5.69 Å². The Bertz CT molecular complexity index is 372. The monoisotopic (exact) mass is 238 g/mol. The summed E-state index contributed by atoms with van der Waals surface area (Å²) in [6.07, 6.45) is 1.96. The molecule has 0 N–H and O–H groups in total. The van der Waals surface area contributed by atoms with Gasteiger partial charge in [-0.2, -0.15) is 0 Å². The molecule has 88 valence electrons. The van der Waals surface area contributed by atoms with Crippen LogP contribution in [0.5, 0.6) is 0 Å². The number of aromatic nitrogens is 1. The van der Waals surface area contributed by atoms with E-state index < -0.39 is 0 Å². The molecule has 3 nitrogen and oxygen atoms in total. The number of anilines is 1. The normalized spacial score (nSPS) is 17.8. The van der Waals surface area contributed by atoms with Crippen LogP contribution in [0.25, 0.3) is 0 Å². The van der Waals surface area contributed by atoms with Crippen LogP contribution in [0.2, 0.25) is 0 Å². The molecular weight excluding hydrogens is 220 g/mol. The van der Waals surface area contributed by atoms with Gasteiger partial charge in [0.2, 0.25) is 0 Å². The second-order valence-electron chi connectivity index (χ2n) is 4.51. The van der Waals surface area contributed by atoms with Gasteiger partial charge in [-0.15, -0.1) is 11.3 Å². The fourth-order valence-corrected chi connectivity index (χ4v) is 3.03. The zero-order chi connectivity index (χ0) is 11.7. The van der Waals surface area contributed by atoms with Crippen molar-refractivity contribution in [2.45, 2.75) is 33.6 Å². The van der Waals surface area contributed by atoms with Gasteiger partial charge in [0.15, 0.2) is 5.13 Å². The van der Waals surface area contributed by atoms with Crippen LogP contribution in [0, 0.1) is 19.8 Å². The van der Waals surface area contributed by atoms with E-state index in [1.165, 1.54) is 4.88 Å². The van der Waals surface area contributed by atoms with Gasteiger partial charge in [-0.1, -0.05) is 0 Å². The van der Waals surface area contributed by atoms with Gasteiger partial charge in [0.25, 0.3) is 0 Å². The highest BCUT2D eigenvalue weighted by Gasteiger charge is 2.24. The van der Waals surface area contributed by atoms with Crippen LogP contribution in [0.1, 0.15) is 30.3 Å². The summed E-state index contributed by atoms with van der Waals surface area (Å²) in [6.45, 7) is 7.81. The standard InChI is InChI=1S/C12H18N2OS/c1-8-10(3)16-12(13-8)14-6-4-11(5-7-14)9(2)15/h11H,4-7H2,1-3H3. The maximum Gasteiger partial charge on any atom is 0.185 e. The zero-order valence-electron chi connectivity index (χ0n) is 10.1. The minimum Gasteiger partial charge on any atom is -0.348 e. The van der Waals surface area contributed by atoms with Gasteiger partial charge in [-0.3, -0.25) is 4.79 Å². The van der Waals surface area contributed by atoms with E-state index in [4.69, 9.17) is 0 Å². The molecule has 2 heterocycles. The maximum absolute atomic E-state index is 11.3. The Balaban J connectivity index is 2.01. The minimum atomic E-state index is 0.276. The number of ketones is 1. The summed E-state index contributed by atoms with van der Waals surface area (Å²) in [6, 6.07) is 0. The third kappa shape index (κ3) is 2.26. The average Bonchev–Trinajstić information content (AvgIpc) is 2.59. The van der Waals surface area contributed by atoms with E-state index in [0.29, 0.717) is 5.78 Å². The summed E-state index contributed by atoms with van der Waals surface area (Å²) in [5.74, 6) is 0.615. The summed E-state index contributed by atoms with van der Waals surface area (Å²) >= 11 is 1.76. The molecular formula is C12H18N2OS. The molecule has 0 bridgehead atoms. The van der Waals surface area contributed by atoms with Crippen LogP contribution in [0.15, 0.2) is 0 Å². The topological polar surface area (TPSA) is 33.2 Å². The molecule has 0 saturated carbocycles. The van der Waals surface area contributed by atoms with Gasteiger partial charge >= 0.3 is 0 Å². The molecule has 0 spiro atoms. The van der Waals surface area contributed by atoms with Gasteiger partial charge in [-0.25, -0.2) is 4.98 Å². The van der Waals surface area contributed by atoms with Crippen molar-refractivity contribution in [1.29, 1.82) is 0 Å². The Labute approximate surface area is 100 Å². The smallest absolute Gasteiger partial charge is 0.185 e. The van der Waals surface area contributed by atoms with E-state index in [0.717, 1.165) is 36.8 Å². The summed E-state index contributed by atoms with van der Waals surface area (Å²) < 4.78 is 0. The second-order valence-corrected chi connectivity index (χ2v) is 5.69. The van der Waals surface area contributed by atoms with Crippen molar-refractivity contribution in [2.24, 2.45) is 5.92 Å². The fraction of sp³-hybridized carbons (Fsp3) is 0.667. The zero-order valence-corrected chi connectivity index (χ0v) is 10.9. The Hall–Kier alpha value is -0.900. The fourth-order valence-electron chi connectivity index (χ4n) is 2.07. The van der Waals surface area contributed by atoms with Crippen LogP contribution < -0.4 is 4.90 Å². The molecule has 0 amide bonds. The van der Waals surface area contributed by atoms with Crippen LogP contribution in [0.3, 0.4) is 0 Å². The number of hydrogen-bond donors (Lipinski definition) is 0. The number of nitrogens with zero attached hydrogens (tertiary/aromatic N) is 2. The molecule has 0 atom stereocenters. The highest BCUT2D eigenvalue weighted by atomic mass is 32.1. The predicted molar refractivity (Wildman–Crippen MR) is 67.2 cm³/mol. The Kier molecular flexibility index (Phi) is 3.28. The Morgan fingerprint density at radius 1 is 1.38 bits per heavy atom. The van der Waals surface area contributed by atoms with E-state index in [1.54, 1.807) is 18.3 Å². The number of thiazole rings is 1. The third-order valence-electron chi connectivity index (χ3n) is 3.36. The number of carbonyl (C=O) groups excluding carboxylic acids is 1. The molecule has 1 fully saturated rings. The SMILES string of the molecule is CC(=O)C1CCN(c2nc(C)c(C)s2)CC1. The summed E-state index contributed by atoms with van der Waals surface area (Å²) in [4.78, 5) is 19.4. The first-order valence-electron chi connectivity index (χ1n) is 5.77. The predicted octanol–water partition coefficient (Wildman–Crippen LogP) is 2.57. The molecule has 2 rings (SSSR count). The Morgan fingerprint density at radius 2 is 2.00 bits per heavy atom. The molecule has 1 saturated heterocycles. The van der Waals surface area contributed by atoms with Crippen LogP contribution in [-0.4, -0.2) is 23.9 Å². The van der Waals surface area contributed by atoms with Crippen molar-refractivity contribution >= 4 is 22.3 Å². The van der Waals surface area contributed by atoms with Crippen molar-refractivity contribution in [3.8, 4) is 0 Å². The lowest BCUT2D eigenvalue weighted by molar-refractivity contribution is -0.121. The molecule has 4 heteroatoms. The van der Waals surface area contributed by atoms with Crippen molar-refractivity contribution in [2.75, 3.05) is 18.0 Å². The third-order valence-corrected chi connectivity index (χ3v) is 4.49. The Morgan fingerprint density at radius 3 is 2.44 bits per heavy atom. The molecule has 0 radical (unpaired) electrons. The van der Waals surface area contributed by atoms with E-state index in [2.05, 4.69) is 23.7 Å². The number of Topliss-reactive ketones (excluding diaryl/α,β-unsaturated/α-hetero) is 1. The van der Waals surface area contributed by atoms with Gasteiger partial charge in [-0.05, 0) is 33.6 Å². The number of rotatable bonds is 2. The maximum atomic E-state index is 11.3. The summed E-state index contributed by atoms with van der Waals surface area (Å²) in [5, 5.41) is 1.12. The van der Waals surface area contributed by atoms with E-state index in [9.17, 15) is 4.79 Å². The largest absolute Gasteiger partial charge is 0.348 e. The van der Waals surface area contributed by atoms with Gasteiger partial charge in [0.1, 0.15) is 5.78 Å². The summed E-state index contributed by atoms with van der Waals surface area (Å²) in [7, 11) is 0. The van der Waals surface area contributed by atoms with Gasteiger partial charge in [0, 0.05) is 23.9 Å². The number of aryl methyl sites for hydroxylation is 2. The molecule has 16 heavy (non-hydrogen) atoms. The first kappa shape index (κ1) is 11.6. The number of hydrogen-bond acceptors (Lipinski definition) is 4. The first-order valence-corrected chi connectivity index (χ1v) is 6.59. The van der Waals surface area contributed by atoms with E-state index in [1.807, 2.05) is 0 Å². The second kappa shape index (κ2) is 4.53. The van der Waals surface area contributed by atoms with Crippen molar-refractivity contribution in [1.82, 2.24) is 4.98 Å². The molecule has 1 aliphatic heterocycles. The highest BCUT2D eigenvalue weighted by molar-refractivity contribution is 7.15. The van der Waals surface area contributed by atoms with Gasteiger partial charge < -0.3 is 4.90 Å². The molecule has 0 aliphatic carbocycles. The molecule has 1 aromatic rings. The molecule has 1 aromatic heterocycles. The first-order chi connectivity index (χ1) is 7.58. The van der Waals surface area contributed by atoms with E-state index >= 15 is 0 Å². The highest BCUT2D eigenvalue weighted by Crippen LogP contribution is 2.29. The van der Waals surface area contributed by atoms with E-state index in [-0.39, 0.29) is 5.92 Å². The number of piperidine rings is 1. The summed E-state index contributed by atoms with van der Waals surface area (Å²) in [5.41, 5.74) is 1.13. The van der Waals surface area contributed by atoms with Crippen LogP contribution in [0.4, 0.5) is 5.13 Å². The minimum absolute atomic E-state index is 0.276.